The molecular weight excluding hydrogens is 254 g/mol. The molecule has 7 nitrogen and oxygen atoms in total. The minimum atomic E-state index is -3.33. The van der Waals surface area contributed by atoms with Crippen molar-refractivity contribution in [2.45, 2.75) is 19.4 Å². The van der Waals surface area contributed by atoms with E-state index in [0.717, 1.165) is 0 Å². The van der Waals surface area contributed by atoms with E-state index in [-0.39, 0.29) is 5.84 Å². The number of nitrogens with zero attached hydrogens (tertiary/aromatic N) is 3. The second kappa shape index (κ2) is 5.12. The van der Waals surface area contributed by atoms with Crippen LogP contribution in [0.4, 0.5) is 0 Å². The molecule has 1 saturated heterocycles. The van der Waals surface area contributed by atoms with Crippen LogP contribution in [0.1, 0.15) is 13.8 Å². The number of nitrogens with one attached hydrogen (secondary N) is 1. The van der Waals surface area contributed by atoms with Crippen molar-refractivity contribution in [1.82, 2.24) is 13.5 Å². The first-order chi connectivity index (χ1) is 8.10. The Balaban J connectivity index is 2.71. The zero-order valence-electron chi connectivity index (χ0n) is 11.5. The van der Waals surface area contributed by atoms with Crippen molar-refractivity contribution in [3.63, 3.8) is 0 Å². The number of amidine groups is 1. The van der Waals surface area contributed by atoms with E-state index in [4.69, 9.17) is 11.1 Å². The maximum atomic E-state index is 11.9. The number of rotatable bonds is 4. The van der Waals surface area contributed by atoms with Gasteiger partial charge in [0.15, 0.2) is 0 Å². The Labute approximate surface area is 109 Å². The predicted molar refractivity (Wildman–Crippen MR) is 71.7 cm³/mol. The zero-order chi connectivity index (χ0) is 14.1. The van der Waals surface area contributed by atoms with Gasteiger partial charge in [0.05, 0.1) is 5.54 Å². The summed E-state index contributed by atoms with van der Waals surface area (Å²) < 4.78 is 26.6. The molecule has 1 fully saturated rings. The minimum absolute atomic E-state index is 0.103. The molecule has 106 valence electrons. The Morgan fingerprint density at radius 3 is 2.00 bits per heavy atom. The van der Waals surface area contributed by atoms with Gasteiger partial charge < -0.3 is 5.73 Å². The minimum Gasteiger partial charge on any atom is -0.386 e. The van der Waals surface area contributed by atoms with E-state index in [1.165, 1.54) is 22.7 Å². The van der Waals surface area contributed by atoms with E-state index >= 15 is 0 Å². The Hall–Kier alpha value is -0.700. The van der Waals surface area contributed by atoms with Gasteiger partial charge in [0, 0.05) is 40.3 Å². The summed E-state index contributed by atoms with van der Waals surface area (Å²) in [4.78, 5) is 2.04. The van der Waals surface area contributed by atoms with Gasteiger partial charge in [-0.2, -0.15) is 17.0 Å². The largest absolute Gasteiger partial charge is 0.386 e. The number of hydrogen-bond acceptors (Lipinski definition) is 4. The monoisotopic (exact) mass is 277 g/mol. The van der Waals surface area contributed by atoms with Crippen LogP contribution >= 0.6 is 0 Å². The van der Waals surface area contributed by atoms with Crippen molar-refractivity contribution < 1.29 is 8.42 Å². The highest BCUT2D eigenvalue weighted by atomic mass is 32.2. The van der Waals surface area contributed by atoms with E-state index in [1.54, 1.807) is 0 Å². The summed E-state index contributed by atoms with van der Waals surface area (Å²) in [5.74, 6) is 0.103. The van der Waals surface area contributed by atoms with Gasteiger partial charge in [0.2, 0.25) is 0 Å². The molecule has 0 atom stereocenters. The van der Waals surface area contributed by atoms with Gasteiger partial charge in [-0.1, -0.05) is 0 Å². The number of hydrogen-bond donors (Lipinski definition) is 2. The van der Waals surface area contributed by atoms with Crippen LogP contribution in [0.15, 0.2) is 0 Å². The van der Waals surface area contributed by atoms with Crippen molar-refractivity contribution in [1.29, 1.82) is 5.41 Å². The first-order valence-electron chi connectivity index (χ1n) is 5.87. The molecule has 0 radical (unpaired) electrons. The third kappa shape index (κ3) is 2.82. The van der Waals surface area contributed by atoms with Gasteiger partial charge in [-0.25, -0.2) is 0 Å². The van der Waals surface area contributed by atoms with Gasteiger partial charge in [-0.3, -0.25) is 10.3 Å². The highest BCUT2D eigenvalue weighted by molar-refractivity contribution is 7.86. The Morgan fingerprint density at radius 2 is 1.67 bits per heavy atom. The molecule has 18 heavy (non-hydrogen) atoms. The molecule has 8 heteroatoms. The van der Waals surface area contributed by atoms with Crippen molar-refractivity contribution in [2.75, 3.05) is 40.3 Å². The summed E-state index contributed by atoms with van der Waals surface area (Å²) in [5.41, 5.74) is 5.05. The fourth-order valence-corrected chi connectivity index (χ4v) is 2.97. The van der Waals surface area contributed by atoms with Crippen LogP contribution < -0.4 is 5.73 Å². The molecule has 0 aromatic rings. The molecule has 0 aromatic carbocycles. The lowest BCUT2D eigenvalue weighted by molar-refractivity contribution is 0.119. The molecule has 0 spiro atoms. The van der Waals surface area contributed by atoms with E-state index in [2.05, 4.69) is 0 Å². The van der Waals surface area contributed by atoms with Crippen LogP contribution in [0.25, 0.3) is 0 Å². The van der Waals surface area contributed by atoms with E-state index in [0.29, 0.717) is 26.2 Å². The van der Waals surface area contributed by atoms with Crippen molar-refractivity contribution in [3.8, 4) is 0 Å². The highest BCUT2D eigenvalue weighted by Crippen LogP contribution is 2.18. The second-order valence-electron chi connectivity index (χ2n) is 5.15. The molecule has 0 amide bonds. The fraction of sp³-hybridized carbons (Fsp3) is 0.900. The molecular formula is C10H23N5O2S. The maximum absolute atomic E-state index is 11.9. The SMILES string of the molecule is CN(C)S(=O)(=O)N1CCN(C(C)(C)C(=N)N)CC1. The van der Waals surface area contributed by atoms with Crippen molar-refractivity contribution in [2.24, 2.45) is 5.73 Å². The van der Waals surface area contributed by atoms with Crippen LogP contribution in [0.3, 0.4) is 0 Å². The summed E-state index contributed by atoms with van der Waals surface area (Å²) in [5, 5.41) is 7.57. The predicted octanol–water partition coefficient (Wildman–Crippen LogP) is -0.875. The lowest BCUT2D eigenvalue weighted by Gasteiger charge is -2.43. The molecule has 0 aliphatic carbocycles. The van der Waals surface area contributed by atoms with Crippen molar-refractivity contribution >= 4 is 16.0 Å². The van der Waals surface area contributed by atoms with Gasteiger partial charge in [-0.15, -0.1) is 0 Å². The third-order valence-corrected chi connectivity index (χ3v) is 5.42. The summed E-state index contributed by atoms with van der Waals surface area (Å²) >= 11 is 0. The standard InChI is InChI=1S/C10H23N5O2S/c1-10(2,9(11)12)14-5-7-15(8-6-14)18(16,17)13(3)4/h5-8H2,1-4H3,(H3,11,12). The molecule has 1 rings (SSSR count). The normalized spacial score (nSPS) is 20.3. The summed E-state index contributed by atoms with van der Waals surface area (Å²) in [6, 6.07) is 0. The van der Waals surface area contributed by atoms with Gasteiger partial charge in [0.1, 0.15) is 5.84 Å². The lowest BCUT2D eigenvalue weighted by Crippen LogP contribution is -2.60. The Kier molecular flexibility index (Phi) is 4.37. The Bertz CT molecular complexity index is 410. The smallest absolute Gasteiger partial charge is 0.281 e. The molecule has 0 unspecified atom stereocenters. The van der Waals surface area contributed by atoms with Gasteiger partial charge in [0.25, 0.3) is 10.2 Å². The lowest BCUT2D eigenvalue weighted by atomic mass is 10.0. The molecule has 0 saturated carbocycles. The molecule has 1 aliphatic rings. The van der Waals surface area contributed by atoms with Gasteiger partial charge in [-0.05, 0) is 13.8 Å². The molecule has 1 aliphatic heterocycles. The third-order valence-electron chi connectivity index (χ3n) is 3.48. The van der Waals surface area contributed by atoms with Crippen LogP contribution in [0, 0.1) is 5.41 Å². The molecule has 0 bridgehead atoms. The zero-order valence-corrected chi connectivity index (χ0v) is 12.3. The molecule has 3 N–H and O–H groups in total. The summed E-state index contributed by atoms with van der Waals surface area (Å²) in [6.45, 7) is 5.78. The Morgan fingerprint density at radius 1 is 1.22 bits per heavy atom. The summed E-state index contributed by atoms with van der Waals surface area (Å²) in [6.07, 6.45) is 0. The van der Waals surface area contributed by atoms with E-state index in [1.807, 2.05) is 18.7 Å². The molecule has 1 heterocycles. The van der Waals surface area contributed by atoms with E-state index in [9.17, 15) is 8.42 Å². The first kappa shape index (κ1) is 15.4. The molecule has 0 aromatic heterocycles. The van der Waals surface area contributed by atoms with Crippen LogP contribution in [0.5, 0.6) is 0 Å². The van der Waals surface area contributed by atoms with Crippen molar-refractivity contribution in [3.05, 3.63) is 0 Å². The average molecular weight is 277 g/mol. The van der Waals surface area contributed by atoms with Crippen LogP contribution in [0.2, 0.25) is 0 Å². The van der Waals surface area contributed by atoms with Crippen LogP contribution in [-0.4, -0.2) is 73.6 Å². The maximum Gasteiger partial charge on any atom is 0.281 e. The van der Waals surface area contributed by atoms with Crippen LogP contribution in [-0.2, 0) is 10.2 Å². The fourth-order valence-electron chi connectivity index (χ4n) is 1.88. The summed E-state index contributed by atoms with van der Waals surface area (Å²) in [7, 11) is -0.276. The first-order valence-corrected chi connectivity index (χ1v) is 7.27. The second-order valence-corrected chi connectivity index (χ2v) is 7.29. The highest BCUT2D eigenvalue weighted by Gasteiger charge is 2.35. The van der Waals surface area contributed by atoms with Gasteiger partial charge >= 0.3 is 0 Å². The number of piperazine rings is 1. The average Bonchev–Trinajstić information content (AvgIpc) is 2.28. The quantitative estimate of drug-likeness (QED) is 0.516. The van der Waals surface area contributed by atoms with E-state index < -0.39 is 15.7 Å². The number of nitrogens with two attached hydrogens (primary N) is 1. The topological polar surface area (TPSA) is 93.7 Å².